The molecule has 8 nitrogen and oxygen atoms in total. The normalized spacial score (nSPS) is 15.3. The predicted molar refractivity (Wildman–Crippen MR) is 104 cm³/mol. The van der Waals surface area contributed by atoms with E-state index < -0.39 is 42.5 Å². The van der Waals surface area contributed by atoms with Crippen molar-refractivity contribution in [2.75, 3.05) is 18.5 Å². The number of esters is 1. The first-order valence-electron chi connectivity index (χ1n) is 9.16. The second kappa shape index (κ2) is 9.54. The molecule has 0 atom stereocenters. The van der Waals surface area contributed by atoms with Crippen molar-refractivity contribution >= 4 is 41.1 Å². The summed E-state index contributed by atoms with van der Waals surface area (Å²) in [5, 5.41) is 5.79. The molecule has 1 aromatic carbocycles. The van der Waals surface area contributed by atoms with Gasteiger partial charge in [-0.3, -0.25) is 19.3 Å². The van der Waals surface area contributed by atoms with E-state index in [-0.39, 0.29) is 0 Å². The lowest BCUT2D eigenvalue weighted by molar-refractivity contribution is -0.150. The Hall–Kier alpha value is -2.61. The standard InChI is InChI=1S/C19H24ClN3O5/c1-3-9-19(10-4-2)17(26)23(18(27)22-19)11-16(25)28-12-15(24)21-14-7-5-13(20)6-8-14/h5-8H,3-4,9-12H2,1-2H3,(H,21,24)(H,22,27). The van der Waals surface area contributed by atoms with Gasteiger partial charge in [0.25, 0.3) is 11.8 Å². The van der Waals surface area contributed by atoms with E-state index in [1.54, 1.807) is 24.3 Å². The lowest BCUT2D eigenvalue weighted by Gasteiger charge is -2.25. The van der Waals surface area contributed by atoms with Crippen LogP contribution in [0.2, 0.25) is 5.02 Å². The van der Waals surface area contributed by atoms with Gasteiger partial charge in [0, 0.05) is 10.7 Å². The molecule has 2 N–H and O–H groups in total. The fourth-order valence-electron chi connectivity index (χ4n) is 3.19. The Labute approximate surface area is 168 Å². The third kappa shape index (κ3) is 5.22. The summed E-state index contributed by atoms with van der Waals surface area (Å²) in [7, 11) is 0. The van der Waals surface area contributed by atoms with Crippen molar-refractivity contribution < 1.29 is 23.9 Å². The molecule has 1 aliphatic heterocycles. The van der Waals surface area contributed by atoms with E-state index in [2.05, 4.69) is 10.6 Å². The summed E-state index contributed by atoms with van der Waals surface area (Å²) in [5.74, 6) is -1.80. The number of carbonyl (C=O) groups is 4. The number of imide groups is 1. The number of anilines is 1. The van der Waals surface area contributed by atoms with Crippen molar-refractivity contribution in [2.45, 2.75) is 45.1 Å². The van der Waals surface area contributed by atoms with E-state index in [0.717, 1.165) is 17.7 Å². The van der Waals surface area contributed by atoms with Crippen molar-refractivity contribution in [3.05, 3.63) is 29.3 Å². The van der Waals surface area contributed by atoms with Crippen LogP contribution in [0.5, 0.6) is 0 Å². The van der Waals surface area contributed by atoms with Crippen molar-refractivity contribution in [3.8, 4) is 0 Å². The van der Waals surface area contributed by atoms with Gasteiger partial charge in [-0.05, 0) is 37.1 Å². The second-order valence-corrected chi connectivity index (χ2v) is 7.06. The summed E-state index contributed by atoms with van der Waals surface area (Å²) >= 11 is 5.77. The Bertz CT molecular complexity index is 744. The zero-order valence-electron chi connectivity index (χ0n) is 15.9. The molecule has 9 heteroatoms. The van der Waals surface area contributed by atoms with Crippen LogP contribution in [0.25, 0.3) is 0 Å². The highest BCUT2D eigenvalue weighted by molar-refractivity contribution is 6.30. The van der Waals surface area contributed by atoms with Gasteiger partial charge >= 0.3 is 12.0 Å². The molecule has 0 aromatic heterocycles. The number of benzene rings is 1. The molecule has 0 aliphatic carbocycles. The summed E-state index contributed by atoms with van der Waals surface area (Å²) in [5.41, 5.74) is -0.462. The smallest absolute Gasteiger partial charge is 0.326 e. The minimum absolute atomic E-state index is 0.427. The molecular formula is C19H24ClN3O5. The highest BCUT2D eigenvalue weighted by atomic mass is 35.5. The fourth-order valence-corrected chi connectivity index (χ4v) is 3.31. The number of urea groups is 1. The van der Waals surface area contributed by atoms with E-state index in [1.807, 2.05) is 13.8 Å². The van der Waals surface area contributed by atoms with Crippen LogP contribution in [0.15, 0.2) is 24.3 Å². The largest absolute Gasteiger partial charge is 0.454 e. The highest BCUT2D eigenvalue weighted by Gasteiger charge is 2.50. The Morgan fingerprint density at radius 2 is 1.75 bits per heavy atom. The van der Waals surface area contributed by atoms with E-state index in [1.165, 1.54) is 0 Å². The Morgan fingerprint density at radius 1 is 1.14 bits per heavy atom. The molecule has 4 amide bonds. The first-order chi connectivity index (χ1) is 13.3. The average molecular weight is 410 g/mol. The topological polar surface area (TPSA) is 105 Å². The monoisotopic (exact) mass is 409 g/mol. The molecule has 1 fully saturated rings. The number of halogens is 1. The van der Waals surface area contributed by atoms with E-state index in [9.17, 15) is 19.2 Å². The van der Waals surface area contributed by atoms with E-state index >= 15 is 0 Å². The van der Waals surface area contributed by atoms with Crippen molar-refractivity contribution in [1.29, 1.82) is 0 Å². The van der Waals surface area contributed by atoms with Crippen LogP contribution in [-0.2, 0) is 19.1 Å². The van der Waals surface area contributed by atoms with Crippen LogP contribution in [0.4, 0.5) is 10.5 Å². The maximum absolute atomic E-state index is 12.7. The third-order valence-electron chi connectivity index (χ3n) is 4.38. The fraction of sp³-hybridized carbons (Fsp3) is 0.474. The van der Waals surface area contributed by atoms with Crippen LogP contribution in [0.1, 0.15) is 39.5 Å². The van der Waals surface area contributed by atoms with Crippen LogP contribution in [0, 0.1) is 0 Å². The van der Waals surface area contributed by atoms with Gasteiger partial charge < -0.3 is 15.4 Å². The summed E-state index contributed by atoms with van der Waals surface area (Å²) in [4.78, 5) is 49.6. The Kier molecular flexibility index (Phi) is 7.39. The molecule has 28 heavy (non-hydrogen) atoms. The molecular weight excluding hydrogens is 386 g/mol. The first-order valence-corrected chi connectivity index (χ1v) is 9.54. The number of hydrogen-bond acceptors (Lipinski definition) is 5. The average Bonchev–Trinajstić information content (AvgIpc) is 2.87. The molecule has 1 aliphatic rings. The molecule has 0 unspecified atom stereocenters. The van der Waals surface area contributed by atoms with E-state index in [4.69, 9.17) is 16.3 Å². The van der Waals surface area contributed by atoms with Gasteiger partial charge in [-0.1, -0.05) is 38.3 Å². The lowest BCUT2D eigenvalue weighted by Crippen LogP contribution is -2.47. The maximum Gasteiger partial charge on any atom is 0.326 e. The van der Waals surface area contributed by atoms with Gasteiger partial charge in [-0.2, -0.15) is 0 Å². The van der Waals surface area contributed by atoms with Crippen molar-refractivity contribution in [3.63, 3.8) is 0 Å². The number of hydrogen-bond donors (Lipinski definition) is 2. The van der Waals surface area contributed by atoms with Gasteiger partial charge in [0.2, 0.25) is 0 Å². The van der Waals surface area contributed by atoms with Gasteiger partial charge in [0.05, 0.1) is 0 Å². The van der Waals surface area contributed by atoms with Crippen LogP contribution in [0.3, 0.4) is 0 Å². The summed E-state index contributed by atoms with van der Waals surface area (Å²) in [6.07, 6.45) is 2.44. The van der Waals surface area contributed by atoms with Gasteiger partial charge in [0.15, 0.2) is 6.61 Å². The highest BCUT2D eigenvalue weighted by Crippen LogP contribution is 2.27. The van der Waals surface area contributed by atoms with Crippen LogP contribution >= 0.6 is 11.6 Å². The zero-order chi connectivity index (χ0) is 20.7. The number of carbonyl (C=O) groups excluding carboxylic acids is 4. The van der Waals surface area contributed by atoms with E-state index in [0.29, 0.717) is 23.6 Å². The number of nitrogens with zero attached hydrogens (tertiary/aromatic N) is 1. The molecule has 1 heterocycles. The molecule has 2 rings (SSSR count). The van der Waals surface area contributed by atoms with Crippen molar-refractivity contribution in [2.24, 2.45) is 0 Å². The van der Waals surface area contributed by atoms with Crippen LogP contribution in [-0.4, -0.2) is 47.4 Å². The molecule has 0 bridgehead atoms. The quantitative estimate of drug-likeness (QED) is 0.482. The molecule has 0 saturated carbocycles. The van der Waals surface area contributed by atoms with Gasteiger partial charge in [0.1, 0.15) is 12.1 Å². The van der Waals surface area contributed by atoms with Gasteiger partial charge in [-0.25, -0.2) is 4.79 Å². The predicted octanol–water partition coefficient (Wildman–Crippen LogP) is 2.71. The first kappa shape index (κ1) is 21.7. The van der Waals surface area contributed by atoms with Crippen LogP contribution < -0.4 is 10.6 Å². The minimum atomic E-state index is -0.965. The molecule has 0 radical (unpaired) electrons. The lowest BCUT2D eigenvalue weighted by atomic mass is 9.88. The summed E-state index contributed by atoms with van der Waals surface area (Å²) < 4.78 is 4.90. The molecule has 1 aromatic rings. The Balaban J connectivity index is 1.88. The SMILES string of the molecule is CCCC1(CCC)NC(=O)N(CC(=O)OCC(=O)Nc2ccc(Cl)cc2)C1=O. The molecule has 0 spiro atoms. The summed E-state index contributed by atoms with van der Waals surface area (Å²) in [6.45, 7) is 2.79. The summed E-state index contributed by atoms with van der Waals surface area (Å²) in [6, 6.07) is 5.82. The van der Waals surface area contributed by atoms with Gasteiger partial charge in [-0.15, -0.1) is 0 Å². The molecule has 152 valence electrons. The molecule has 1 saturated heterocycles. The second-order valence-electron chi connectivity index (χ2n) is 6.62. The number of rotatable bonds is 9. The minimum Gasteiger partial charge on any atom is -0.454 e. The number of nitrogens with one attached hydrogen (secondary N) is 2. The third-order valence-corrected chi connectivity index (χ3v) is 4.63. The number of amides is 4. The maximum atomic E-state index is 12.7. The van der Waals surface area contributed by atoms with Crippen molar-refractivity contribution in [1.82, 2.24) is 10.2 Å². The Morgan fingerprint density at radius 3 is 2.32 bits per heavy atom. The zero-order valence-corrected chi connectivity index (χ0v) is 16.7. The number of ether oxygens (including phenoxy) is 1.